The van der Waals surface area contributed by atoms with Gasteiger partial charge in [0.15, 0.2) is 0 Å². The molecule has 1 aliphatic carbocycles. The van der Waals surface area contributed by atoms with Gasteiger partial charge in [-0.3, -0.25) is 0 Å². The van der Waals surface area contributed by atoms with Crippen LogP contribution in [0.3, 0.4) is 0 Å². The molecule has 27 heavy (non-hydrogen) atoms. The Bertz CT molecular complexity index is 948. The van der Waals surface area contributed by atoms with E-state index in [1.807, 2.05) is 11.3 Å². The van der Waals surface area contributed by atoms with Crippen molar-refractivity contribution in [3.63, 3.8) is 0 Å². The maximum Gasteiger partial charge on any atom is 0.142 e. The van der Waals surface area contributed by atoms with Gasteiger partial charge in [0.05, 0.1) is 5.39 Å². The topological polar surface area (TPSA) is 37.8 Å². The van der Waals surface area contributed by atoms with E-state index >= 15 is 0 Å². The van der Waals surface area contributed by atoms with Crippen molar-refractivity contribution < 1.29 is 0 Å². The summed E-state index contributed by atoms with van der Waals surface area (Å²) in [5, 5.41) is 4.78. The molecule has 0 fully saturated rings. The Labute approximate surface area is 166 Å². The maximum atomic E-state index is 4.59. The van der Waals surface area contributed by atoms with Crippen molar-refractivity contribution in [2.24, 2.45) is 11.3 Å². The third-order valence-electron chi connectivity index (χ3n) is 5.91. The monoisotopic (exact) mass is 379 g/mol. The van der Waals surface area contributed by atoms with Crippen LogP contribution in [-0.2, 0) is 12.8 Å². The molecule has 142 valence electrons. The Kier molecular flexibility index (Phi) is 4.71. The predicted molar refractivity (Wildman–Crippen MR) is 116 cm³/mol. The van der Waals surface area contributed by atoms with Crippen molar-refractivity contribution in [3.05, 3.63) is 46.6 Å². The first-order chi connectivity index (χ1) is 12.8. The third-order valence-corrected chi connectivity index (χ3v) is 7.07. The second-order valence-electron chi connectivity index (χ2n) is 9.11. The molecule has 0 aliphatic heterocycles. The van der Waals surface area contributed by atoms with Crippen molar-refractivity contribution in [1.29, 1.82) is 0 Å². The highest BCUT2D eigenvalue weighted by Gasteiger charge is 2.31. The summed E-state index contributed by atoms with van der Waals surface area (Å²) in [4.78, 5) is 11.8. The maximum absolute atomic E-state index is 4.59. The van der Waals surface area contributed by atoms with Gasteiger partial charge in [0.25, 0.3) is 0 Å². The van der Waals surface area contributed by atoms with E-state index in [1.165, 1.54) is 34.2 Å². The van der Waals surface area contributed by atoms with Crippen molar-refractivity contribution in [2.75, 3.05) is 5.32 Å². The van der Waals surface area contributed by atoms with Crippen LogP contribution in [0.25, 0.3) is 10.2 Å². The number of hydrogen-bond acceptors (Lipinski definition) is 4. The molecule has 2 aromatic heterocycles. The molecular weight excluding hydrogens is 350 g/mol. The Morgan fingerprint density at radius 1 is 1.11 bits per heavy atom. The largest absolute Gasteiger partial charge is 0.340 e. The van der Waals surface area contributed by atoms with E-state index in [0.717, 1.165) is 28.7 Å². The lowest BCUT2D eigenvalue weighted by atomic mass is 9.72. The van der Waals surface area contributed by atoms with Crippen molar-refractivity contribution in [1.82, 2.24) is 9.97 Å². The molecule has 3 aromatic rings. The van der Waals surface area contributed by atoms with Crippen LogP contribution in [0.5, 0.6) is 0 Å². The molecule has 0 saturated carbocycles. The standard InChI is InChI=1S/C23H29N3S/c1-14(2)15-6-9-17(10-7-15)26-21-20-18-11-8-16(23(3,4)5)12-19(18)27-22(20)25-13-24-21/h6-7,9-10,13-14,16H,8,11-12H2,1-5H3,(H,24,25,26). The number of nitrogens with zero attached hydrogens (tertiary/aromatic N) is 2. The van der Waals surface area contributed by atoms with E-state index in [2.05, 4.69) is 74.2 Å². The Morgan fingerprint density at radius 2 is 1.85 bits per heavy atom. The molecule has 0 saturated heterocycles. The molecule has 1 N–H and O–H groups in total. The fourth-order valence-electron chi connectivity index (χ4n) is 4.03. The fraction of sp³-hybridized carbons (Fsp3) is 0.478. The van der Waals surface area contributed by atoms with E-state index in [4.69, 9.17) is 0 Å². The highest BCUT2D eigenvalue weighted by molar-refractivity contribution is 7.19. The number of fused-ring (bicyclic) bond motifs is 3. The van der Waals surface area contributed by atoms with Gasteiger partial charge in [0.1, 0.15) is 17.0 Å². The number of rotatable bonds is 3. The SMILES string of the molecule is CC(C)c1ccc(Nc2ncnc3sc4c(c23)CCC(C(C)(C)C)C4)cc1. The van der Waals surface area contributed by atoms with E-state index in [0.29, 0.717) is 11.3 Å². The van der Waals surface area contributed by atoms with Crippen LogP contribution < -0.4 is 5.32 Å². The number of aromatic nitrogens is 2. The second-order valence-corrected chi connectivity index (χ2v) is 10.2. The summed E-state index contributed by atoms with van der Waals surface area (Å²) in [5.74, 6) is 2.24. The average molecular weight is 380 g/mol. The van der Waals surface area contributed by atoms with Gasteiger partial charge < -0.3 is 5.32 Å². The summed E-state index contributed by atoms with van der Waals surface area (Å²) in [6.45, 7) is 11.5. The molecule has 4 rings (SSSR count). The van der Waals surface area contributed by atoms with Crippen LogP contribution in [0.2, 0.25) is 0 Å². The first-order valence-electron chi connectivity index (χ1n) is 9.95. The number of thiophene rings is 1. The van der Waals surface area contributed by atoms with Crippen molar-refractivity contribution in [3.8, 4) is 0 Å². The van der Waals surface area contributed by atoms with Gasteiger partial charge in [-0.25, -0.2) is 9.97 Å². The quantitative estimate of drug-likeness (QED) is 0.549. The van der Waals surface area contributed by atoms with Crippen LogP contribution >= 0.6 is 11.3 Å². The molecule has 3 nitrogen and oxygen atoms in total. The van der Waals surface area contributed by atoms with E-state index in [-0.39, 0.29) is 0 Å². The first-order valence-corrected chi connectivity index (χ1v) is 10.8. The summed E-state index contributed by atoms with van der Waals surface area (Å²) < 4.78 is 0. The smallest absolute Gasteiger partial charge is 0.142 e. The van der Waals surface area contributed by atoms with Gasteiger partial charge >= 0.3 is 0 Å². The summed E-state index contributed by atoms with van der Waals surface area (Å²) >= 11 is 1.86. The molecule has 0 bridgehead atoms. The van der Waals surface area contributed by atoms with E-state index < -0.39 is 0 Å². The molecule has 0 amide bonds. The lowest BCUT2D eigenvalue weighted by Crippen LogP contribution is -2.26. The van der Waals surface area contributed by atoms with E-state index in [9.17, 15) is 0 Å². The summed E-state index contributed by atoms with van der Waals surface area (Å²) in [6, 6.07) is 8.69. The third kappa shape index (κ3) is 3.60. The number of anilines is 2. The first kappa shape index (κ1) is 18.4. The zero-order valence-corrected chi connectivity index (χ0v) is 17.8. The molecule has 2 heterocycles. The summed E-state index contributed by atoms with van der Waals surface area (Å²) in [5.41, 5.74) is 4.27. The molecule has 4 heteroatoms. The fourth-order valence-corrected chi connectivity index (χ4v) is 5.30. The van der Waals surface area contributed by atoms with Gasteiger partial charge in [-0.15, -0.1) is 11.3 Å². The highest BCUT2D eigenvalue weighted by atomic mass is 32.1. The van der Waals surface area contributed by atoms with Gasteiger partial charge in [-0.1, -0.05) is 46.8 Å². The number of aryl methyl sites for hydroxylation is 1. The Hall–Kier alpha value is -1.94. The van der Waals surface area contributed by atoms with Crippen molar-refractivity contribution >= 4 is 33.1 Å². The molecular formula is C23H29N3S. The zero-order chi connectivity index (χ0) is 19.2. The lowest BCUT2D eigenvalue weighted by molar-refractivity contribution is 0.218. The Balaban J connectivity index is 1.68. The molecule has 1 unspecified atom stereocenters. The zero-order valence-electron chi connectivity index (χ0n) is 17.0. The molecule has 0 radical (unpaired) electrons. The van der Waals surface area contributed by atoms with E-state index in [1.54, 1.807) is 6.33 Å². The van der Waals surface area contributed by atoms with Crippen LogP contribution in [0.4, 0.5) is 11.5 Å². The van der Waals surface area contributed by atoms with Crippen LogP contribution in [-0.4, -0.2) is 9.97 Å². The Morgan fingerprint density at radius 3 is 2.52 bits per heavy atom. The van der Waals surface area contributed by atoms with Crippen LogP contribution in [0.1, 0.15) is 63.0 Å². The van der Waals surface area contributed by atoms with Gasteiger partial charge in [-0.05, 0) is 59.8 Å². The van der Waals surface area contributed by atoms with Crippen LogP contribution in [0.15, 0.2) is 30.6 Å². The lowest BCUT2D eigenvalue weighted by Gasteiger charge is -2.33. The minimum atomic E-state index is 0.360. The van der Waals surface area contributed by atoms with Crippen LogP contribution in [0, 0.1) is 11.3 Å². The minimum absolute atomic E-state index is 0.360. The molecule has 1 aliphatic rings. The molecule has 1 atom stereocenters. The molecule has 0 spiro atoms. The second kappa shape index (κ2) is 6.90. The normalized spacial score (nSPS) is 17.3. The van der Waals surface area contributed by atoms with Gasteiger partial charge in [-0.2, -0.15) is 0 Å². The highest BCUT2D eigenvalue weighted by Crippen LogP contribution is 2.44. The number of hydrogen-bond donors (Lipinski definition) is 1. The summed E-state index contributed by atoms with van der Waals surface area (Å²) in [7, 11) is 0. The van der Waals surface area contributed by atoms with Crippen molar-refractivity contribution in [2.45, 2.75) is 59.8 Å². The number of nitrogens with one attached hydrogen (secondary N) is 1. The predicted octanol–water partition coefficient (Wildman–Crippen LogP) is 6.71. The van der Waals surface area contributed by atoms with Gasteiger partial charge in [0.2, 0.25) is 0 Å². The van der Waals surface area contributed by atoms with Gasteiger partial charge in [0, 0.05) is 10.6 Å². The molecule has 1 aromatic carbocycles. The average Bonchev–Trinajstić information content (AvgIpc) is 3.00. The minimum Gasteiger partial charge on any atom is -0.340 e. The summed E-state index contributed by atoms with van der Waals surface area (Å²) in [6.07, 6.45) is 5.24. The number of benzene rings is 1.